The average molecular weight is 415 g/mol. The molecule has 144 valence electrons. The number of carboxylic acid groups (broad SMARTS) is 1. The van der Waals surface area contributed by atoms with Gasteiger partial charge in [0.05, 0.1) is 24.8 Å². The first-order valence-corrected chi connectivity index (χ1v) is 8.65. The Morgan fingerprint density at radius 3 is 2.85 bits per heavy atom. The Bertz CT molecular complexity index is 829. The number of methoxy groups -OCH3 is 1. The van der Waals surface area contributed by atoms with E-state index in [0.717, 1.165) is 11.8 Å². The van der Waals surface area contributed by atoms with Crippen LogP contribution in [0, 0.1) is 0 Å². The third kappa shape index (κ3) is 5.86. The van der Waals surface area contributed by atoms with Gasteiger partial charge in [-0.3, -0.25) is 14.4 Å². The van der Waals surface area contributed by atoms with Gasteiger partial charge in [0.2, 0.25) is 5.91 Å². The number of nitrogens with zero attached hydrogens (tertiary/aromatic N) is 2. The van der Waals surface area contributed by atoms with E-state index in [0.29, 0.717) is 5.56 Å². The molecule has 1 aromatic rings. The van der Waals surface area contributed by atoms with Crippen molar-refractivity contribution < 1.29 is 29.0 Å². The maximum atomic E-state index is 11.6. The highest BCUT2D eigenvalue weighted by Gasteiger charge is 2.32. The maximum Gasteiger partial charge on any atom is 0.305 e. The van der Waals surface area contributed by atoms with Gasteiger partial charge in [0.1, 0.15) is 5.25 Å². The van der Waals surface area contributed by atoms with Crippen molar-refractivity contribution in [3.05, 3.63) is 22.7 Å². The summed E-state index contributed by atoms with van der Waals surface area (Å²) in [7, 11) is 1.40. The highest BCUT2D eigenvalue weighted by Crippen LogP contribution is 2.36. The second-order valence-electron chi connectivity index (χ2n) is 5.13. The molecule has 0 aliphatic carbocycles. The molecule has 12 heteroatoms. The molecule has 0 bridgehead atoms. The van der Waals surface area contributed by atoms with E-state index in [-0.39, 0.29) is 34.7 Å². The molecule has 27 heavy (non-hydrogen) atoms. The summed E-state index contributed by atoms with van der Waals surface area (Å²) < 4.78 is 10.4. The number of ether oxygens (including phenoxy) is 2. The number of nitrogens with two attached hydrogens (primary N) is 1. The Balaban J connectivity index is 2.11. The Hall–Kier alpha value is -2.79. The van der Waals surface area contributed by atoms with Gasteiger partial charge in [-0.25, -0.2) is 0 Å². The molecule has 0 saturated carbocycles. The molecule has 2 amide bonds. The van der Waals surface area contributed by atoms with E-state index >= 15 is 0 Å². The molecule has 2 rings (SSSR count). The maximum absolute atomic E-state index is 11.6. The number of carbonyl (C=O) groups is 3. The second kappa shape index (κ2) is 9.24. The lowest BCUT2D eigenvalue weighted by atomic mass is 10.2. The molecular weight excluding hydrogens is 400 g/mol. The van der Waals surface area contributed by atoms with Crippen LogP contribution in [0.2, 0.25) is 5.02 Å². The Labute approximate surface area is 162 Å². The summed E-state index contributed by atoms with van der Waals surface area (Å²) in [6, 6.07) is 3.07. The van der Waals surface area contributed by atoms with Crippen molar-refractivity contribution in [2.75, 3.05) is 13.7 Å². The quantitative estimate of drug-likeness (QED) is 0.416. The van der Waals surface area contributed by atoms with Crippen LogP contribution in [-0.2, 0) is 14.4 Å². The van der Waals surface area contributed by atoms with Gasteiger partial charge in [-0.1, -0.05) is 23.4 Å². The standard InChI is InChI=1S/C15H15ClN4O6S/c1-25-9-3-7(2-8(16)13(9)26-6-11(17)21)5-18-20-15-19-14(24)10(27-15)4-12(22)23/h2-3,5,10H,4,6H2,1H3,(H2,17,21)(H,22,23)(H,19,20,24). The smallest absolute Gasteiger partial charge is 0.305 e. The summed E-state index contributed by atoms with van der Waals surface area (Å²) in [6.07, 6.45) is 1.05. The molecule has 1 aromatic carbocycles. The zero-order valence-corrected chi connectivity index (χ0v) is 15.5. The Morgan fingerprint density at radius 1 is 1.48 bits per heavy atom. The number of rotatable bonds is 8. The van der Waals surface area contributed by atoms with Crippen LogP contribution in [0.1, 0.15) is 12.0 Å². The van der Waals surface area contributed by atoms with Gasteiger partial charge in [-0.05, 0) is 12.1 Å². The summed E-state index contributed by atoms with van der Waals surface area (Å²) >= 11 is 7.10. The van der Waals surface area contributed by atoms with E-state index in [1.165, 1.54) is 19.4 Å². The molecule has 1 aliphatic rings. The van der Waals surface area contributed by atoms with Crippen molar-refractivity contribution in [3.8, 4) is 11.5 Å². The van der Waals surface area contributed by atoms with E-state index in [1.54, 1.807) is 6.07 Å². The van der Waals surface area contributed by atoms with Crippen LogP contribution < -0.4 is 20.5 Å². The third-order valence-electron chi connectivity index (χ3n) is 3.10. The summed E-state index contributed by atoms with van der Waals surface area (Å²) in [5.41, 5.74) is 5.55. The third-order valence-corrected chi connectivity index (χ3v) is 4.46. The molecule has 1 aliphatic heterocycles. The number of primary amides is 1. The zero-order valence-electron chi connectivity index (χ0n) is 14.0. The Morgan fingerprint density at radius 2 is 2.22 bits per heavy atom. The van der Waals surface area contributed by atoms with Crippen LogP contribution in [0.15, 0.2) is 22.3 Å². The lowest BCUT2D eigenvalue weighted by Crippen LogP contribution is -2.26. The fraction of sp³-hybridized carbons (Fsp3) is 0.267. The number of amidine groups is 1. The van der Waals surface area contributed by atoms with Gasteiger partial charge in [0, 0.05) is 5.56 Å². The number of amides is 2. The lowest BCUT2D eigenvalue weighted by Gasteiger charge is -2.11. The minimum Gasteiger partial charge on any atom is -0.493 e. The fourth-order valence-electron chi connectivity index (χ4n) is 1.99. The first kappa shape index (κ1) is 20.5. The molecule has 1 unspecified atom stereocenters. The average Bonchev–Trinajstić information content (AvgIpc) is 2.92. The fourth-order valence-corrected chi connectivity index (χ4v) is 3.18. The molecule has 10 nitrogen and oxygen atoms in total. The van der Waals surface area contributed by atoms with Crippen molar-refractivity contribution in [3.63, 3.8) is 0 Å². The minimum absolute atomic E-state index is 0.163. The number of benzene rings is 1. The summed E-state index contributed by atoms with van der Waals surface area (Å²) in [5.74, 6) is -1.74. The van der Waals surface area contributed by atoms with Crippen LogP contribution in [-0.4, -0.2) is 53.2 Å². The highest BCUT2D eigenvalue weighted by molar-refractivity contribution is 8.15. The largest absolute Gasteiger partial charge is 0.493 e. The molecule has 4 N–H and O–H groups in total. The predicted molar refractivity (Wildman–Crippen MR) is 99.5 cm³/mol. The molecular formula is C15H15ClN4O6S. The van der Waals surface area contributed by atoms with Gasteiger partial charge < -0.3 is 25.6 Å². The van der Waals surface area contributed by atoms with Gasteiger partial charge >= 0.3 is 5.97 Å². The van der Waals surface area contributed by atoms with Crippen molar-refractivity contribution >= 4 is 52.5 Å². The monoisotopic (exact) mass is 414 g/mol. The van der Waals surface area contributed by atoms with E-state index in [4.69, 9.17) is 31.9 Å². The highest BCUT2D eigenvalue weighted by atomic mass is 35.5. The zero-order chi connectivity index (χ0) is 20.0. The molecule has 0 aromatic heterocycles. The number of thioether (sulfide) groups is 1. The van der Waals surface area contributed by atoms with E-state index < -0.39 is 23.0 Å². The number of nitrogens with one attached hydrogen (secondary N) is 1. The number of halogens is 1. The summed E-state index contributed by atoms with van der Waals surface area (Å²) in [5, 5.41) is 18.5. The Kier molecular flexibility index (Phi) is 7.02. The SMILES string of the molecule is COc1cc(C=NN=C2NC(=O)C(CC(=O)O)S2)cc(Cl)c1OCC(N)=O. The summed E-state index contributed by atoms with van der Waals surface area (Å²) in [4.78, 5) is 33.1. The van der Waals surface area contributed by atoms with Crippen molar-refractivity contribution in [2.24, 2.45) is 15.9 Å². The topological polar surface area (TPSA) is 153 Å². The molecule has 1 fully saturated rings. The van der Waals surface area contributed by atoms with E-state index in [2.05, 4.69) is 15.5 Å². The second-order valence-corrected chi connectivity index (χ2v) is 6.73. The number of aliphatic carboxylic acids is 1. The van der Waals surface area contributed by atoms with Gasteiger partial charge in [-0.2, -0.15) is 5.10 Å². The van der Waals surface area contributed by atoms with Gasteiger partial charge in [0.15, 0.2) is 23.3 Å². The molecule has 1 atom stereocenters. The molecule has 1 heterocycles. The van der Waals surface area contributed by atoms with Crippen LogP contribution in [0.5, 0.6) is 11.5 Å². The van der Waals surface area contributed by atoms with Crippen molar-refractivity contribution in [1.29, 1.82) is 0 Å². The minimum atomic E-state index is -1.08. The molecule has 0 spiro atoms. The number of carboxylic acids is 1. The molecule has 1 saturated heterocycles. The van der Waals surface area contributed by atoms with Gasteiger partial charge in [-0.15, -0.1) is 5.10 Å². The lowest BCUT2D eigenvalue weighted by molar-refractivity contribution is -0.138. The van der Waals surface area contributed by atoms with Crippen molar-refractivity contribution in [2.45, 2.75) is 11.7 Å². The van der Waals surface area contributed by atoms with Crippen LogP contribution in [0.3, 0.4) is 0 Å². The van der Waals surface area contributed by atoms with E-state index in [9.17, 15) is 14.4 Å². The van der Waals surface area contributed by atoms with Crippen LogP contribution in [0.25, 0.3) is 0 Å². The predicted octanol–water partition coefficient (Wildman–Crippen LogP) is 0.609. The molecule has 0 radical (unpaired) electrons. The first-order valence-electron chi connectivity index (χ1n) is 7.39. The van der Waals surface area contributed by atoms with Crippen molar-refractivity contribution in [1.82, 2.24) is 5.32 Å². The number of hydrogen-bond acceptors (Lipinski definition) is 8. The van der Waals surface area contributed by atoms with Crippen LogP contribution >= 0.6 is 23.4 Å². The first-order chi connectivity index (χ1) is 12.8. The normalized spacial score (nSPS) is 17.9. The van der Waals surface area contributed by atoms with E-state index in [1.807, 2.05) is 0 Å². The number of carbonyl (C=O) groups excluding carboxylic acids is 2. The van der Waals surface area contributed by atoms with Crippen LogP contribution in [0.4, 0.5) is 0 Å². The van der Waals surface area contributed by atoms with Gasteiger partial charge in [0.25, 0.3) is 5.91 Å². The summed E-state index contributed by atoms with van der Waals surface area (Å²) in [6.45, 7) is -0.356. The number of hydrogen-bond donors (Lipinski definition) is 3.